The van der Waals surface area contributed by atoms with E-state index in [-0.39, 0.29) is 19.6 Å². The molecule has 0 unspecified atom stereocenters. The van der Waals surface area contributed by atoms with Crippen LogP contribution >= 0.6 is 0 Å². The number of hydrogen-bond acceptors (Lipinski definition) is 6. The maximum Gasteiger partial charge on any atom is 0.411 e. The van der Waals surface area contributed by atoms with Crippen LogP contribution in [0.25, 0.3) is 0 Å². The Labute approximate surface area is 135 Å². The lowest BCUT2D eigenvalue weighted by atomic mass is 10.1. The van der Waals surface area contributed by atoms with E-state index in [0.717, 1.165) is 5.06 Å². The molecule has 1 aliphatic heterocycles. The summed E-state index contributed by atoms with van der Waals surface area (Å²) < 4.78 is 10.0. The van der Waals surface area contributed by atoms with E-state index in [1.807, 2.05) is 0 Å². The lowest BCUT2D eigenvalue weighted by Crippen LogP contribution is -2.44. The summed E-state index contributed by atoms with van der Waals surface area (Å²) in [6.07, 6.45) is 1.59. The normalized spacial score (nSPS) is 20.8. The van der Waals surface area contributed by atoms with Crippen LogP contribution in [0.5, 0.6) is 0 Å². The largest absolute Gasteiger partial charge is 0.467 e. The number of nitrogens with zero attached hydrogens (tertiary/aromatic N) is 2. The predicted molar refractivity (Wildman–Crippen MR) is 81.2 cm³/mol. The summed E-state index contributed by atoms with van der Waals surface area (Å²) in [5.41, 5.74) is -0.695. The fourth-order valence-corrected chi connectivity index (χ4v) is 2.24. The first-order chi connectivity index (χ1) is 10.7. The topological polar surface area (TPSA) is 85.4 Å². The third kappa shape index (κ3) is 5.24. The van der Waals surface area contributed by atoms with Crippen molar-refractivity contribution in [3.63, 3.8) is 0 Å². The summed E-state index contributed by atoms with van der Waals surface area (Å²) in [4.78, 5) is 41.9. The third-order valence-corrected chi connectivity index (χ3v) is 3.19. The zero-order valence-corrected chi connectivity index (χ0v) is 14.0. The van der Waals surface area contributed by atoms with E-state index >= 15 is 0 Å². The molecule has 8 nitrogen and oxygen atoms in total. The number of methoxy groups -OCH3 is 1. The molecular weight excluding hydrogens is 304 g/mol. The van der Waals surface area contributed by atoms with Crippen LogP contribution in [-0.4, -0.2) is 66.4 Å². The number of hydroxylamine groups is 2. The Morgan fingerprint density at radius 3 is 2.52 bits per heavy atom. The molecule has 0 radical (unpaired) electrons. The van der Waals surface area contributed by atoms with Gasteiger partial charge in [0, 0.05) is 13.0 Å². The van der Waals surface area contributed by atoms with Crippen LogP contribution in [0.2, 0.25) is 0 Å². The standard InChI is InChI=1S/C15H24N2O6/c1-6-7-22-17(10-18)11-8-12(13(19)21-5)16(9-11)14(20)23-15(2,3)4/h6,10-12H,1,7-9H2,2-5H3/t11-,12+/m0/s1. The number of hydrogen-bond donors (Lipinski definition) is 0. The molecule has 2 amide bonds. The Hall–Kier alpha value is -2.09. The van der Waals surface area contributed by atoms with Gasteiger partial charge in [0.25, 0.3) is 0 Å². The second-order valence-electron chi connectivity index (χ2n) is 6.11. The summed E-state index contributed by atoms with van der Waals surface area (Å²) in [7, 11) is 1.24. The minimum Gasteiger partial charge on any atom is -0.467 e. The van der Waals surface area contributed by atoms with Gasteiger partial charge in [-0.1, -0.05) is 6.08 Å². The third-order valence-electron chi connectivity index (χ3n) is 3.19. The summed E-state index contributed by atoms with van der Waals surface area (Å²) in [6, 6.07) is -1.29. The molecule has 0 aromatic carbocycles. The molecule has 1 saturated heterocycles. The van der Waals surface area contributed by atoms with Crippen molar-refractivity contribution in [1.29, 1.82) is 0 Å². The van der Waals surface area contributed by atoms with Gasteiger partial charge in [-0.05, 0) is 20.8 Å². The van der Waals surface area contributed by atoms with Crippen LogP contribution in [0.4, 0.5) is 4.79 Å². The number of carbonyl (C=O) groups excluding carboxylic acids is 3. The molecule has 0 saturated carbocycles. The van der Waals surface area contributed by atoms with Crippen LogP contribution in [0.1, 0.15) is 27.2 Å². The van der Waals surface area contributed by atoms with E-state index in [1.165, 1.54) is 18.1 Å². The first-order valence-corrected chi connectivity index (χ1v) is 7.28. The molecular formula is C15H24N2O6. The molecule has 8 heteroatoms. The molecule has 0 aromatic heterocycles. The van der Waals surface area contributed by atoms with Crippen LogP contribution < -0.4 is 0 Å². The van der Waals surface area contributed by atoms with Crippen molar-refractivity contribution in [2.45, 2.75) is 44.9 Å². The van der Waals surface area contributed by atoms with Gasteiger partial charge in [-0.3, -0.25) is 14.5 Å². The second-order valence-corrected chi connectivity index (χ2v) is 6.11. The maximum absolute atomic E-state index is 12.3. The Bertz CT molecular complexity index is 459. The Morgan fingerprint density at radius 2 is 2.04 bits per heavy atom. The monoisotopic (exact) mass is 328 g/mol. The van der Waals surface area contributed by atoms with Crippen molar-refractivity contribution in [1.82, 2.24) is 9.96 Å². The average Bonchev–Trinajstić information content (AvgIpc) is 2.91. The molecule has 0 spiro atoms. The molecule has 1 heterocycles. The zero-order chi connectivity index (χ0) is 17.6. The van der Waals surface area contributed by atoms with Gasteiger partial charge < -0.3 is 9.47 Å². The summed E-state index contributed by atoms with van der Waals surface area (Å²) >= 11 is 0. The maximum atomic E-state index is 12.3. The van der Waals surface area contributed by atoms with Crippen LogP contribution in [0, 0.1) is 0 Å². The number of carbonyl (C=O) groups is 3. The van der Waals surface area contributed by atoms with Crippen molar-refractivity contribution in [2.75, 3.05) is 20.3 Å². The second kappa shape index (κ2) is 7.96. The minimum absolute atomic E-state index is 0.116. The molecule has 130 valence electrons. The zero-order valence-electron chi connectivity index (χ0n) is 14.0. The SMILES string of the molecule is C=CCON(C=O)[C@H]1C[C@H](C(=O)OC)N(C(=O)OC(C)(C)C)C1. The summed E-state index contributed by atoms with van der Waals surface area (Å²) in [5.74, 6) is -0.562. The highest BCUT2D eigenvalue weighted by Crippen LogP contribution is 2.25. The Kier molecular flexibility index (Phi) is 6.56. The van der Waals surface area contributed by atoms with E-state index in [9.17, 15) is 14.4 Å². The minimum atomic E-state index is -0.824. The Balaban J connectivity index is 2.89. The van der Waals surface area contributed by atoms with Gasteiger partial charge in [-0.25, -0.2) is 14.7 Å². The smallest absolute Gasteiger partial charge is 0.411 e. The molecule has 0 aliphatic carbocycles. The van der Waals surface area contributed by atoms with E-state index in [1.54, 1.807) is 20.8 Å². The number of likely N-dealkylation sites (tertiary alicyclic amines) is 1. The van der Waals surface area contributed by atoms with Gasteiger partial charge in [0.05, 0.1) is 19.8 Å². The molecule has 1 rings (SSSR count). The van der Waals surface area contributed by atoms with Gasteiger partial charge in [-0.15, -0.1) is 6.58 Å². The molecule has 0 aromatic rings. The summed E-state index contributed by atoms with van der Waals surface area (Å²) in [6.45, 7) is 8.96. The number of amides is 2. The van der Waals surface area contributed by atoms with Crippen molar-refractivity contribution in [2.24, 2.45) is 0 Å². The Morgan fingerprint density at radius 1 is 1.39 bits per heavy atom. The molecule has 1 aliphatic rings. The van der Waals surface area contributed by atoms with Crippen molar-refractivity contribution >= 4 is 18.5 Å². The van der Waals surface area contributed by atoms with Gasteiger partial charge in [0.15, 0.2) is 0 Å². The highest BCUT2D eigenvalue weighted by Gasteiger charge is 2.44. The number of esters is 1. The van der Waals surface area contributed by atoms with Crippen LogP contribution in [0.15, 0.2) is 12.7 Å². The lowest BCUT2D eigenvalue weighted by molar-refractivity contribution is -0.179. The molecule has 0 bridgehead atoms. The van der Waals surface area contributed by atoms with E-state index < -0.39 is 29.7 Å². The van der Waals surface area contributed by atoms with Gasteiger partial charge in [0.1, 0.15) is 11.6 Å². The fourth-order valence-electron chi connectivity index (χ4n) is 2.24. The first-order valence-electron chi connectivity index (χ1n) is 7.28. The van der Waals surface area contributed by atoms with E-state index in [2.05, 4.69) is 6.58 Å². The van der Waals surface area contributed by atoms with E-state index in [4.69, 9.17) is 14.3 Å². The average molecular weight is 328 g/mol. The van der Waals surface area contributed by atoms with Crippen molar-refractivity contribution in [3.05, 3.63) is 12.7 Å². The van der Waals surface area contributed by atoms with Gasteiger partial charge in [0.2, 0.25) is 6.41 Å². The summed E-state index contributed by atoms with van der Waals surface area (Å²) in [5, 5.41) is 1.09. The molecule has 0 N–H and O–H groups in total. The molecule has 23 heavy (non-hydrogen) atoms. The quantitative estimate of drug-likeness (QED) is 0.314. The van der Waals surface area contributed by atoms with Crippen LogP contribution in [0.3, 0.4) is 0 Å². The fraction of sp³-hybridized carbons (Fsp3) is 0.667. The van der Waals surface area contributed by atoms with Gasteiger partial charge >= 0.3 is 12.1 Å². The van der Waals surface area contributed by atoms with E-state index in [0.29, 0.717) is 6.41 Å². The highest BCUT2D eigenvalue weighted by molar-refractivity contribution is 5.82. The number of rotatable bonds is 6. The van der Waals surface area contributed by atoms with Crippen molar-refractivity contribution in [3.8, 4) is 0 Å². The van der Waals surface area contributed by atoms with Crippen molar-refractivity contribution < 1.29 is 28.7 Å². The van der Waals surface area contributed by atoms with Gasteiger partial charge in [-0.2, -0.15) is 0 Å². The number of ether oxygens (including phenoxy) is 2. The molecule has 1 fully saturated rings. The molecule has 2 atom stereocenters. The highest BCUT2D eigenvalue weighted by atomic mass is 16.7. The lowest BCUT2D eigenvalue weighted by Gasteiger charge is -2.27. The first kappa shape index (κ1) is 19.0. The van der Waals surface area contributed by atoms with Crippen LogP contribution in [-0.2, 0) is 23.9 Å². The predicted octanol–water partition coefficient (Wildman–Crippen LogP) is 1.11.